The number of carbonyl (C=O) groups is 2. The predicted octanol–water partition coefficient (Wildman–Crippen LogP) is 6.71. The fourth-order valence-corrected chi connectivity index (χ4v) is 6.83. The first kappa shape index (κ1) is 28.2. The van der Waals surface area contributed by atoms with Crippen LogP contribution in [0.15, 0.2) is 79.1 Å². The summed E-state index contributed by atoms with van der Waals surface area (Å²) in [6.07, 6.45) is 7.24. The average Bonchev–Trinajstić information content (AvgIpc) is 3.42. The van der Waals surface area contributed by atoms with E-state index in [1.165, 1.54) is 16.6 Å². The van der Waals surface area contributed by atoms with Crippen LogP contribution in [-0.4, -0.2) is 47.9 Å². The first-order valence-electron chi connectivity index (χ1n) is 14.8. The third-order valence-corrected chi connectivity index (χ3v) is 9.54. The number of anilines is 1. The Kier molecular flexibility index (Phi) is 7.67. The van der Waals surface area contributed by atoms with Gasteiger partial charge in [0.25, 0.3) is 5.91 Å². The number of nitrogens with zero attached hydrogens (tertiary/aromatic N) is 3. The zero-order valence-electron chi connectivity index (χ0n) is 24.4. The van der Waals surface area contributed by atoms with E-state index in [-0.39, 0.29) is 23.9 Å². The van der Waals surface area contributed by atoms with E-state index >= 15 is 0 Å². The van der Waals surface area contributed by atoms with Crippen LogP contribution >= 0.6 is 11.6 Å². The molecule has 0 bridgehead atoms. The van der Waals surface area contributed by atoms with E-state index in [1.54, 1.807) is 0 Å². The van der Waals surface area contributed by atoms with Gasteiger partial charge in [0.05, 0.1) is 11.5 Å². The van der Waals surface area contributed by atoms with Gasteiger partial charge in [-0.25, -0.2) is 0 Å². The molecule has 1 unspecified atom stereocenters. The van der Waals surface area contributed by atoms with Crippen molar-refractivity contribution in [3.05, 3.63) is 106 Å². The number of nitrogens with one attached hydrogen (secondary N) is 1. The van der Waals surface area contributed by atoms with E-state index in [1.807, 2.05) is 80.7 Å². The van der Waals surface area contributed by atoms with E-state index < -0.39 is 5.41 Å². The maximum atomic E-state index is 13.7. The second-order valence-electron chi connectivity index (χ2n) is 12.1. The van der Waals surface area contributed by atoms with Crippen molar-refractivity contribution in [1.82, 2.24) is 15.2 Å². The third kappa shape index (κ3) is 5.36. The SMILES string of the molecule is CN(C(=O)c1ccc2c(c1)C(NC(=O)C(C)(C)c1ccccc1Cl)CC2)C1CCN(c2ccc3cnccc3c2)CC1. The Bertz CT molecular complexity index is 1640. The molecule has 4 aromatic rings. The number of hydrogen-bond acceptors (Lipinski definition) is 4. The molecule has 0 radical (unpaired) electrons. The molecule has 216 valence electrons. The minimum absolute atomic E-state index is 0.0304. The highest BCUT2D eigenvalue weighted by Crippen LogP contribution is 2.35. The number of hydrogen-bond donors (Lipinski definition) is 1. The Morgan fingerprint density at radius 3 is 2.55 bits per heavy atom. The van der Waals surface area contributed by atoms with Gasteiger partial charge in [0, 0.05) is 60.2 Å². The summed E-state index contributed by atoms with van der Waals surface area (Å²) in [7, 11) is 1.92. The molecule has 1 aromatic heterocycles. The summed E-state index contributed by atoms with van der Waals surface area (Å²) < 4.78 is 0. The van der Waals surface area contributed by atoms with Crippen LogP contribution in [0.1, 0.15) is 66.2 Å². The van der Waals surface area contributed by atoms with E-state index in [0.717, 1.165) is 55.3 Å². The second kappa shape index (κ2) is 11.4. The third-order valence-electron chi connectivity index (χ3n) is 9.21. The molecule has 1 aliphatic carbocycles. The number of halogens is 1. The molecule has 6 nitrogen and oxygen atoms in total. The van der Waals surface area contributed by atoms with E-state index in [9.17, 15) is 9.59 Å². The highest BCUT2D eigenvalue weighted by molar-refractivity contribution is 6.31. The lowest BCUT2D eigenvalue weighted by Gasteiger charge is -2.38. The van der Waals surface area contributed by atoms with Crippen molar-refractivity contribution in [3.63, 3.8) is 0 Å². The predicted molar refractivity (Wildman–Crippen MR) is 169 cm³/mol. The summed E-state index contributed by atoms with van der Waals surface area (Å²) in [5.74, 6) is -0.0417. The Hall–Kier alpha value is -3.90. The Labute approximate surface area is 252 Å². The molecular formula is C35H37ClN4O2. The van der Waals surface area contributed by atoms with Crippen LogP contribution in [0.25, 0.3) is 10.8 Å². The van der Waals surface area contributed by atoms with Crippen molar-refractivity contribution in [2.75, 3.05) is 25.0 Å². The molecule has 1 atom stereocenters. The largest absolute Gasteiger partial charge is 0.371 e. The highest BCUT2D eigenvalue weighted by Gasteiger charge is 2.35. The number of pyridine rings is 1. The number of benzene rings is 3. The molecule has 1 fully saturated rings. The van der Waals surface area contributed by atoms with Gasteiger partial charge in [-0.2, -0.15) is 0 Å². The molecule has 2 aliphatic rings. The van der Waals surface area contributed by atoms with Crippen LogP contribution in [0.4, 0.5) is 5.69 Å². The van der Waals surface area contributed by atoms with Crippen molar-refractivity contribution in [3.8, 4) is 0 Å². The quantitative estimate of drug-likeness (QED) is 0.275. The zero-order valence-corrected chi connectivity index (χ0v) is 25.2. The first-order chi connectivity index (χ1) is 20.2. The van der Waals surface area contributed by atoms with Crippen molar-refractivity contribution in [2.45, 2.75) is 57.0 Å². The number of piperidine rings is 1. The molecule has 0 saturated carbocycles. The summed E-state index contributed by atoms with van der Waals surface area (Å²) in [5, 5.41) is 6.17. The maximum Gasteiger partial charge on any atom is 0.253 e. The minimum atomic E-state index is -0.784. The summed E-state index contributed by atoms with van der Waals surface area (Å²) in [6.45, 7) is 5.60. The maximum absolute atomic E-state index is 13.7. The minimum Gasteiger partial charge on any atom is -0.371 e. The second-order valence-corrected chi connectivity index (χ2v) is 12.5. The van der Waals surface area contributed by atoms with Crippen LogP contribution in [0, 0.1) is 0 Å². The smallest absolute Gasteiger partial charge is 0.253 e. The van der Waals surface area contributed by atoms with Gasteiger partial charge >= 0.3 is 0 Å². The normalized spacial score (nSPS) is 17.2. The molecule has 2 amide bonds. The summed E-state index contributed by atoms with van der Waals surface area (Å²) in [5.41, 5.74) is 4.14. The fourth-order valence-electron chi connectivity index (χ4n) is 6.46. The van der Waals surface area contributed by atoms with Gasteiger partial charge in [0.1, 0.15) is 0 Å². The molecular weight excluding hydrogens is 544 g/mol. The van der Waals surface area contributed by atoms with Crippen LogP contribution in [0.3, 0.4) is 0 Å². The molecule has 42 heavy (non-hydrogen) atoms. The summed E-state index contributed by atoms with van der Waals surface area (Å²) in [4.78, 5) is 35.6. The summed E-state index contributed by atoms with van der Waals surface area (Å²) in [6, 6.07) is 22.1. The van der Waals surface area contributed by atoms with Crippen LogP contribution in [-0.2, 0) is 16.6 Å². The first-order valence-corrected chi connectivity index (χ1v) is 15.1. The van der Waals surface area contributed by atoms with Crippen molar-refractivity contribution >= 4 is 39.9 Å². The molecule has 2 heterocycles. The average molecular weight is 581 g/mol. The number of carbonyl (C=O) groups excluding carboxylic acids is 2. The molecule has 1 saturated heterocycles. The molecule has 0 spiro atoms. The Balaban J connectivity index is 1.11. The van der Waals surface area contributed by atoms with Gasteiger partial charge in [0.2, 0.25) is 5.91 Å². The lowest BCUT2D eigenvalue weighted by atomic mass is 9.83. The number of aromatic nitrogens is 1. The number of amides is 2. The topological polar surface area (TPSA) is 65.5 Å². The molecule has 1 aliphatic heterocycles. The number of rotatable bonds is 6. The van der Waals surface area contributed by atoms with Crippen LogP contribution in [0.2, 0.25) is 5.02 Å². The van der Waals surface area contributed by atoms with Crippen molar-refractivity contribution < 1.29 is 9.59 Å². The highest BCUT2D eigenvalue weighted by atomic mass is 35.5. The fraction of sp³-hybridized carbons (Fsp3) is 0.343. The van der Waals surface area contributed by atoms with E-state index in [4.69, 9.17) is 11.6 Å². The summed E-state index contributed by atoms with van der Waals surface area (Å²) >= 11 is 6.43. The molecule has 6 rings (SSSR count). The van der Waals surface area contributed by atoms with E-state index in [0.29, 0.717) is 10.6 Å². The molecule has 3 aromatic carbocycles. The van der Waals surface area contributed by atoms with Gasteiger partial charge in [-0.15, -0.1) is 0 Å². The van der Waals surface area contributed by atoms with Gasteiger partial charge in [0.15, 0.2) is 0 Å². The lowest BCUT2D eigenvalue weighted by molar-refractivity contribution is -0.126. The standard InChI is InChI=1S/C35H37ClN4O2/c1-35(2,30-6-4-5-7-31(30)36)34(42)38-32-13-11-23-8-9-25(21-29(23)32)33(41)39(3)27-15-18-40(19-16-27)28-12-10-26-22-37-17-14-24(26)20-28/h4-10,12,14,17,20-22,27,32H,11,13,15-16,18-19H2,1-3H3,(H,38,42). The number of aryl methyl sites for hydroxylation is 1. The monoisotopic (exact) mass is 580 g/mol. The van der Waals surface area contributed by atoms with Gasteiger partial charge < -0.3 is 15.1 Å². The molecule has 7 heteroatoms. The Morgan fingerprint density at radius 1 is 0.976 bits per heavy atom. The van der Waals surface area contributed by atoms with Crippen LogP contribution in [0.5, 0.6) is 0 Å². The Morgan fingerprint density at radius 2 is 1.76 bits per heavy atom. The zero-order chi connectivity index (χ0) is 29.4. The van der Waals surface area contributed by atoms with Gasteiger partial charge in [-0.3, -0.25) is 14.6 Å². The number of fused-ring (bicyclic) bond motifs is 2. The van der Waals surface area contributed by atoms with Gasteiger partial charge in [-0.1, -0.05) is 41.9 Å². The lowest BCUT2D eigenvalue weighted by Crippen LogP contribution is -2.45. The molecule has 1 N–H and O–H groups in total. The van der Waals surface area contributed by atoms with Crippen molar-refractivity contribution in [1.29, 1.82) is 0 Å². The van der Waals surface area contributed by atoms with Crippen molar-refractivity contribution in [2.24, 2.45) is 0 Å². The van der Waals surface area contributed by atoms with Crippen LogP contribution < -0.4 is 10.2 Å². The van der Waals surface area contributed by atoms with Gasteiger partial charge in [-0.05, 0) is 98.0 Å². The van der Waals surface area contributed by atoms with E-state index in [2.05, 4.69) is 39.5 Å².